The highest BCUT2D eigenvalue weighted by Gasteiger charge is 2.15. The Morgan fingerprint density at radius 3 is 2.39 bits per heavy atom. The minimum absolute atomic E-state index is 0.117. The van der Waals surface area contributed by atoms with Crippen LogP contribution in [0, 0.1) is 0 Å². The number of halogens is 1. The third kappa shape index (κ3) is 4.18. The number of nitrogens with one attached hydrogen (secondary N) is 1. The molecule has 0 bridgehead atoms. The van der Waals surface area contributed by atoms with Crippen LogP contribution in [0.25, 0.3) is 0 Å². The third-order valence-electron chi connectivity index (χ3n) is 2.43. The summed E-state index contributed by atoms with van der Waals surface area (Å²) in [5.74, 6) is 1.59. The lowest BCUT2D eigenvalue weighted by molar-refractivity contribution is 0.227. The molecule has 0 radical (unpaired) electrons. The molecule has 0 heterocycles. The fourth-order valence-electron chi connectivity index (χ4n) is 1.58. The molecule has 0 unspecified atom stereocenters. The summed E-state index contributed by atoms with van der Waals surface area (Å²) in [5.41, 5.74) is 1.09. The van der Waals surface area contributed by atoms with Gasteiger partial charge in [0.1, 0.15) is 0 Å². The fourth-order valence-corrected chi connectivity index (χ4v) is 2.03. The van der Waals surface area contributed by atoms with Crippen molar-refractivity contribution in [2.75, 3.05) is 7.11 Å². The smallest absolute Gasteiger partial charge is 0.167 e. The summed E-state index contributed by atoms with van der Waals surface area (Å²) in [5, 5.41) is 3.40. The zero-order valence-corrected chi connectivity index (χ0v) is 13.3. The third-order valence-corrected chi connectivity index (χ3v) is 3.17. The Hall–Kier alpha value is -0.740. The van der Waals surface area contributed by atoms with Gasteiger partial charge in [-0.3, -0.25) is 0 Å². The van der Waals surface area contributed by atoms with Crippen molar-refractivity contribution < 1.29 is 9.47 Å². The van der Waals surface area contributed by atoms with Crippen LogP contribution >= 0.6 is 15.9 Å². The van der Waals surface area contributed by atoms with E-state index < -0.39 is 0 Å². The van der Waals surface area contributed by atoms with Crippen LogP contribution in [0.3, 0.4) is 0 Å². The van der Waals surface area contributed by atoms with Crippen LogP contribution in [0.2, 0.25) is 0 Å². The first kappa shape index (κ1) is 15.3. The van der Waals surface area contributed by atoms with E-state index in [1.165, 1.54) is 0 Å². The van der Waals surface area contributed by atoms with E-state index in [0.29, 0.717) is 6.04 Å². The summed E-state index contributed by atoms with van der Waals surface area (Å²) in [6.45, 7) is 9.02. The second kappa shape index (κ2) is 7.00. The predicted molar refractivity (Wildman–Crippen MR) is 78.4 cm³/mol. The molecule has 0 aliphatic carbocycles. The average Bonchev–Trinajstić information content (AvgIpc) is 2.27. The number of rotatable bonds is 6. The van der Waals surface area contributed by atoms with Crippen LogP contribution in [0.4, 0.5) is 0 Å². The molecule has 1 rings (SSSR count). The molecule has 1 N–H and O–H groups in total. The van der Waals surface area contributed by atoms with Crippen LogP contribution in [0.1, 0.15) is 33.3 Å². The largest absolute Gasteiger partial charge is 0.493 e. The number of ether oxygens (including phenoxy) is 2. The van der Waals surface area contributed by atoms with Gasteiger partial charge in [-0.1, -0.05) is 29.8 Å². The molecule has 0 aliphatic rings. The molecule has 4 heteroatoms. The van der Waals surface area contributed by atoms with Crippen molar-refractivity contribution in [3.8, 4) is 11.5 Å². The first-order chi connectivity index (χ1) is 8.45. The molecule has 1 aromatic carbocycles. The van der Waals surface area contributed by atoms with Crippen molar-refractivity contribution in [3.05, 3.63) is 22.2 Å². The minimum atomic E-state index is 0.117. The van der Waals surface area contributed by atoms with Gasteiger partial charge in [-0.15, -0.1) is 0 Å². The van der Waals surface area contributed by atoms with Gasteiger partial charge in [0.15, 0.2) is 11.5 Å². The maximum absolute atomic E-state index is 5.89. The average molecular weight is 316 g/mol. The summed E-state index contributed by atoms with van der Waals surface area (Å²) < 4.78 is 12.3. The van der Waals surface area contributed by atoms with Gasteiger partial charge >= 0.3 is 0 Å². The van der Waals surface area contributed by atoms with Crippen molar-refractivity contribution in [1.29, 1.82) is 0 Å². The van der Waals surface area contributed by atoms with Crippen LogP contribution < -0.4 is 14.8 Å². The van der Waals surface area contributed by atoms with Crippen molar-refractivity contribution in [1.82, 2.24) is 5.32 Å². The maximum Gasteiger partial charge on any atom is 0.167 e. The molecule has 0 fully saturated rings. The van der Waals surface area contributed by atoms with Gasteiger partial charge < -0.3 is 14.8 Å². The van der Waals surface area contributed by atoms with Crippen molar-refractivity contribution in [2.45, 2.75) is 46.4 Å². The standard InChI is InChI=1S/C14H22BrNO2/c1-9(2)16-8-11-12(15)6-7-13(17-5)14(11)18-10(3)4/h6-7,9-10,16H,8H2,1-5H3. The number of hydrogen-bond acceptors (Lipinski definition) is 3. The molecule has 0 amide bonds. The second-order valence-corrected chi connectivity index (χ2v) is 5.61. The zero-order valence-electron chi connectivity index (χ0n) is 11.7. The fraction of sp³-hybridized carbons (Fsp3) is 0.571. The van der Waals surface area contributed by atoms with Gasteiger partial charge in [-0.25, -0.2) is 0 Å². The Morgan fingerprint density at radius 1 is 1.22 bits per heavy atom. The normalized spacial score (nSPS) is 11.1. The molecule has 0 atom stereocenters. The molecular weight excluding hydrogens is 294 g/mol. The van der Waals surface area contributed by atoms with Crippen molar-refractivity contribution in [2.24, 2.45) is 0 Å². The molecule has 0 aliphatic heterocycles. The Morgan fingerprint density at radius 2 is 1.89 bits per heavy atom. The molecule has 0 aromatic heterocycles. The van der Waals surface area contributed by atoms with E-state index in [2.05, 4.69) is 35.1 Å². The van der Waals surface area contributed by atoms with Crippen LogP contribution in [0.15, 0.2) is 16.6 Å². The second-order valence-electron chi connectivity index (χ2n) is 4.76. The van der Waals surface area contributed by atoms with Gasteiger partial charge in [0.2, 0.25) is 0 Å². The minimum Gasteiger partial charge on any atom is -0.493 e. The van der Waals surface area contributed by atoms with Gasteiger partial charge in [-0.05, 0) is 26.0 Å². The summed E-state index contributed by atoms with van der Waals surface area (Å²) in [6.07, 6.45) is 0.117. The van der Waals surface area contributed by atoms with E-state index in [0.717, 1.165) is 28.1 Å². The van der Waals surface area contributed by atoms with Crippen LogP contribution in [0.5, 0.6) is 11.5 Å². The number of benzene rings is 1. The lowest BCUT2D eigenvalue weighted by Gasteiger charge is -2.19. The Bertz CT molecular complexity index is 392. The zero-order chi connectivity index (χ0) is 13.7. The first-order valence-corrected chi connectivity index (χ1v) is 7.00. The highest BCUT2D eigenvalue weighted by Crippen LogP contribution is 2.36. The predicted octanol–water partition coefficient (Wildman–Crippen LogP) is 3.74. The van der Waals surface area contributed by atoms with E-state index in [-0.39, 0.29) is 6.10 Å². The molecule has 18 heavy (non-hydrogen) atoms. The quantitative estimate of drug-likeness (QED) is 0.867. The van der Waals surface area contributed by atoms with Gasteiger partial charge in [-0.2, -0.15) is 0 Å². The SMILES string of the molecule is COc1ccc(Br)c(CNC(C)C)c1OC(C)C. The highest BCUT2D eigenvalue weighted by atomic mass is 79.9. The Kier molecular flexibility index (Phi) is 5.96. The molecule has 1 aromatic rings. The maximum atomic E-state index is 5.89. The van der Waals surface area contributed by atoms with Gasteiger partial charge in [0, 0.05) is 22.6 Å². The molecule has 0 saturated carbocycles. The van der Waals surface area contributed by atoms with E-state index >= 15 is 0 Å². The van der Waals surface area contributed by atoms with E-state index in [1.54, 1.807) is 7.11 Å². The van der Waals surface area contributed by atoms with E-state index in [1.807, 2.05) is 26.0 Å². The van der Waals surface area contributed by atoms with Crippen LogP contribution in [-0.4, -0.2) is 19.3 Å². The molecule has 0 spiro atoms. The monoisotopic (exact) mass is 315 g/mol. The Labute approximate surface area is 118 Å². The highest BCUT2D eigenvalue weighted by molar-refractivity contribution is 9.10. The summed E-state index contributed by atoms with van der Waals surface area (Å²) in [6, 6.07) is 4.33. The number of hydrogen-bond donors (Lipinski definition) is 1. The molecule has 0 saturated heterocycles. The lowest BCUT2D eigenvalue weighted by Crippen LogP contribution is -2.23. The lowest BCUT2D eigenvalue weighted by atomic mass is 10.1. The van der Waals surface area contributed by atoms with Gasteiger partial charge in [0.05, 0.1) is 13.2 Å². The van der Waals surface area contributed by atoms with E-state index in [9.17, 15) is 0 Å². The van der Waals surface area contributed by atoms with E-state index in [4.69, 9.17) is 9.47 Å². The number of methoxy groups -OCH3 is 1. The van der Waals surface area contributed by atoms with Gasteiger partial charge in [0.25, 0.3) is 0 Å². The van der Waals surface area contributed by atoms with Crippen LogP contribution in [-0.2, 0) is 6.54 Å². The summed E-state index contributed by atoms with van der Waals surface area (Å²) in [4.78, 5) is 0. The first-order valence-electron chi connectivity index (χ1n) is 6.21. The molecular formula is C14H22BrNO2. The molecule has 102 valence electrons. The molecule has 3 nitrogen and oxygen atoms in total. The summed E-state index contributed by atoms with van der Waals surface area (Å²) in [7, 11) is 1.66. The van der Waals surface area contributed by atoms with Crippen molar-refractivity contribution in [3.63, 3.8) is 0 Å². The Balaban J connectivity index is 3.09. The summed E-state index contributed by atoms with van der Waals surface area (Å²) >= 11 is 3.57. The van der Waals surface area contributed by atoms with Crippen molar-refractivity contribution >= 4 is 15.9 Å². The topological polar surface area (TPSA) is 30.5 Å².